The number of imide groups is 1. The van der Waals surface area contributed by atoms with Crippen molar-refractivity contribution in [2.45, 2.75) is 13.8 Å². The van der Waals surface area contributed by atoms with Crippen molar-refractivity contribution in [1.29, 1.82) is 0 Å². The van der Waals surface area contributed by atoms with Crippen LogP contribution in [0.5, 0.6) is 11.5 Å². The summed E-state index contributed by atoms with van der Waals surface area (Å²) in [5.74, 6) is -0.775. The highest BCUT2D eigenvalue weighted by Gasteiger charge is 2.36. The van der Waals surface area contributed by atoms with Crippen molar-refractivity contribution in [3.05, 3.63) is 85.7 Å². The van der Waals surface area contributed by atoms with E-state index >= 15 is 0 Å². The molecular weight excluding hydrogens is 634 g/mol. The zero-order chi connectivity index (χ0) is 29.7. The van der Waals surface area contributed by atoms with Gasteiger partial charge in [-0.1, -0.05) is 33.6 Å². The van der Waals surface area contributed by atoms with Crippen LogP contribution in [-0.2, 0) is 14.4 Å². The first-order chi connectivity index (χ1) is 19.5. The first-order valence-corrected chi connectivity index (χ1v) is 14.2. The maximum absolute atomic E-state index is 12.9. The number of carbonyl (C=O) groups excluding carboxylic acids is 4. The fraction of sp³-hybridized carbons (Fsp3) is 0.172. The van der Waals surface area contributed by atoms with Crippen LogP contribution in [-0.4, -0.2) is 48.1 Å². The lowest BCUT2D eigenvalue weighted by molar-refractivity contribution is -0.127. The fourth-order valence-corrected chi connectivity index (χ4v) is 5.20. The Labute approximate surface area is 254 Å². The number of amides is 4. The van der Waals surface area contributed by atoms with Crippen LogP contribution in [0, 0.1) is 13.8 Å². The monoisotopic (exact) mass is 657 g/mol. The SMILES string of the molecule is COc1cc(/C=C2/SC(=O)N(CC(=O)Nc3ccc(Cl)cc3)C2=O)ccc1OCC(=O)Nc1ccc(Br)c(C)c1C. The van der Waals surface area contributed by atoms with Gasteiger partial charge in [0.05, 0.1) is 12.0 Å². The van der Waals surface area contributed by atoms with Crippen LogP contribution in [0.15, 0.2) is 64.0 Å². The van der Waals surface area contributed by atoms with Crippen molar-refractivity contribution in [2.75, 3.05) is 30.9 Å². The molecule has 0 unspecified atom stereocenters. The molecule has 41 heavy (non-hydrogen) atoms. The summed E-state index contributed by atoms with van der Waals surface area (Å²) >= 11 is 10.1. The van der Waals surface area contributed by atoms with E-state index in [9.17, 15) is 19.2 Å². The van der Waals surface area contributed by atoms with Gasteiger partial charge in [-0.15, -0.1) is 0 Å². The molecule has 3 aromatic rings. The van der Waals surface area contributed by atoms with E-state index in [0.717, 1.165) is 32.3 Å². The van der Waals surface area contributed by atoms with Gasteiger partial charge in [-0.3, -0.25) is 24.1 Å². The molecule has 3 aromatic carbocycles. The highest BCUT2D eigenvalue weighted by atomic mass is 79.9. The van der Waals surface area contributed by atoms with Gasteiger partial charge < -0.3 is 20.1 Å². The number of rotatable bonds is 9. The Morgan fingerprint density at radius 1 is 0.976 bits per heavy atom. The third kappa shape index (κ3) is 7.49. The molecular formula is C29H25BrClN3O6S. The van der Waals surface area contributed by atoms with Crippen molar-refractivity contribution in [2.24, 2.45) is 0 Å². The number of thioether (sulfide) groups is 1. The molecule has 0 atom stereocenters. The van der Waals surface area contributed by atoms with Gasteiger partial charge >= 0.3 is 0 Å². The normalized spacial score (nSPS) is 13.9. The second-order valence-electron chi connectivity index (χ2n) is 8.92. The van der Waals surface area contributed by atoms with Crippen LogP contribution >= 0.6 is 39.3 Å². The molecule has 4 rings (SSSR count). The second kappa shape index (κ2) is 13.2. The van der Waals surface area contributed by atoms with E-state index in [0.29, 0.717) is 33.5 Å². The zero-order valence-corrected chi connectivity index (χ0v) is 25.4. The molecule has 212 valence electrons. The maximum atomic E-state index is 12.9. The molecule has 0 aliphatic carbocycles. The predicted molar refractivity (Wildman–Crippen MR) is 163 cm³/mol. The van der Waals surface area contributed by atoms with Crippen molar-refractivity contribution in [3.8, 4) is 11.5 Å². The summed E-state index contributed by atoms with van der Waals surface area (Å²) in [7, 11) is 1.45. The number of ether oxygens (including phenoxy) is 2. The van der Waals surface area contributed by atoms with E-state index < -0.39 is 23.6 Å². The number of methoxy groups -OCH3 is 1. The summed E-state index contributed by atoms with van der Waals surface area (Å²) in [5, 5.41) is 5.43. The van der Waals surface area contributed by atoms with Crippen molar-refractivity contribution in [3.63, 3.8) is 0 Å². The number of halogens is 2. The molecule has 1 heterocycles. The smallest absolute Gasteiger partial charge is 0.294 e. The molecule has 12 heteroatoms. The van der Waals surface area contributed by atoms with Gasteiger partial charge in [-0.05, 0) is 96.9 Å². The molecule has 1 saturated heterocycles. The molecule has 2 N–H and O–H groups in total. The van der Waals surface area contributed by atoms with E-state index in [1.54, 1.807) is 42.5 Å². The van der Waals surface area contributed by atoms with Crippen LogP contribution in [0.1, 0.15) is 16.7 Å². The van der Waals surface area contributed by atoms with Crippen molar-refractivity contribution < 1.29 is 28.7 Å². The summed E-state index contributed by atoms with van der Waals surface area (Å²) in [6.45, 7) is 3.20. The van der Waals surface area contributed by atoms with Gasteiger partial charge in [0, 0.05) is 20.9 Å². The topological polar surface area (TPSA) is 114 Å². The Balaban J connectivity index is 1.38. The first-order valence-electron chi connectivity index (χ1n) is 12.2. The van der Waals surface area contributed by atoms with Crippen LogP contribution in [0.25, 0.3) is 6.08 Å². The van der Waals surface area contributed by atoms with Crippen LogP contribution in [0.2, 0.25) is 5.02 Å². The van der Waals surface area contributed by atoms with Gasteiger partial charge in [0.2, 0.25) is 5.91 Å². The Morgan fingerprint density at radius 3 is 2.41 bits per heavy atom. The lowest BCUT2D eigenvalue weighted by Gasteiger charge is -2.14. The summed E-state index contributed by atoms with van der Waals surface area (Å²) in [4.78, 5) is 51.3. The Bertz CT molecular complexity index is 1560. The molecule has 9 nitrogen and oxygen atoms in total. The minimum absolute atomic E-state index is 0.157. The standard InChI is InChI=1S/C29H25BrClN3O6S/c1-16-17(2)22(10-9-21(16)30)33-27(36)15-40-23-11-4-18(12-24(23)39-3)13-25-28(37)34(29(38)41-25)14-26(35)32-20-7-5-19(31)6-8-20/h4-13H,14-15H2,1-3H3,(H,32,35)(H,33,36)/b25-13+. The first kappa shape index (κ1) is 30.2. The Morgan fingerprint density at radius 2 is 1.71 bits per heavy atom. The van der Waals surface area contributed by atoms with Gasteiger partial charge in [-0.25, -0.2) is 0 Å². The Kier molecular flexibility index (Phi) is 9.74. The van der Waals surface area contributed by atoms with Crippen molar-refractivity contribution in [1.82, 2.24) is 4.90 Å². The van der Waals surface area contributed by atoms with Crippen molar-refractivity contribution >= 4 is 79.7 Å². The number of hydrogen-bond acceptors (Lipinski definition) is 7. The maximum Gasteiger partial charge on any atom is 0.294 e. The average Bonchev–Trinajstić information content (AvgIpc) is 3.20. The van der Waals surface area contributed by atoms with Gasteiger partial charge in [0.25, 0.3) is 17.1 Å². The minimum Gasteiger partial charge on any atom is -0.493 e. The lowest BCUT2D eigenvalue weighted by atomic mass is 10.1. The van der Waals surface area contributed by atoms with Crippen LogP contribution in [0.4, 0.5) is 16.2 Å². The largest absolute Gasteiger partial charge is 0.493 e. The zero-order valence-electron chi connectivity index (χ0n) is 22.2. The number of carbonyl (C=O) groups is 4. The summed E-state index contributed by atoms with van der Waals surface area (Å²) in [6.07, 6.45) is 1.53. The predicted octanol–water partition coefficient (Wildman–Crippen LogP) is 6.42. The third-order valence-corrected chi connectivity index (χ3v) is 8.16. The molecule has 0 radical (unpaired) electrons. The van der Waals surface area contributed by atoms with Gasteiger partial charge in [0.15, 0.2) is 18.1 Å². The average molecular weight is 659 g/mol. The molecule has 1 aliphatic heterocycles. The molecule has 0 spiro atoms. The van der Waals surface area contributed by atoms with E-state index in [2.05, 4.69) is 26.6 Å². The molecule has 1 aliphatic rings. The van der Waals surface area contributed by atoms with E-state index in [4.69, 9.17) is 21.1 Å². The number of nitrogens with one attached hydrogen (secondary N) is 2. The van der Waals surface area contributed by atoms with Crippen LogP contribution in [0.3, 0.4) is 0 Å². The van der Waals surface area contributed by atoms with Gasteiger partial charge in [-0.2, -0.15) is 0 Å². The molecule has 0 saturated carbocycles. The Hall–Kier alpha value is -3.80. The summed E-state index contributed by atoms with van der Waals surface area (Å²) < 4.78 is 12.1. The van der Waals surface area contributed by atoms with Crippen LogP contribution < -0.4 is 20.1 Å². The van der Waals surface area contributed by atoms with E-state index in [-0.39, 0.29) is 17.4 Å². The fourth-order valence-electron chi connectivity index (χ4n) is 3.81. The molecule has 0 aromatic heterocycles. The lowest BCUT2D eigenvalue weighted by Crippen LogP contribution is -2.36. The quantitative estimate of drug-likeness (QED) is 0.255. The highest BCUT2D eigenvalue weighted by Crippen LogP contribution is 2.34. The molecule has 4 amide bonds. The third-order valence-electron chi connectivity index (χ3n) is 6.14. The molecule has 1 fully saturated rings. The number of nitrogens with zero attached hydrogens (tertiary/aromatic N) is 1. The van der Waals surface area contributed by atoms with E-state index in [1.807, 2.05) is 26.0 Å². The highest BCUT2D eigenvalue weighted by molar-refractivity contribution is 9.10. The number of benzene rings is 3. The van der Waals surface area contributed by atoms with Gasteiger partial charge in [0.1, 0.15) is 6.54 Å². The summed E-state index contributed by atoms with van der Waals surface area (Å²) in [5.41, 5.74) is 3.72. The summed E-state index contributed by atoms with van der Waals surface area (Å²) in [6, 6.07) is 15.0. The number of hydrogen-bond donors (Lipinski definition) is 2. The van der Waals surface area contributed by atoms with E-state index in [1.165, 1.54) is 13.2 Å². The second-order valence-corrected chi connectivity index (χ2v) is 11.2. The molecule has 0 bridgehead atoms. The minimum atomic E-state index is -0.583. The number of anilines is 2.